The summed E-state index contributed by atoms with van der Waals surface area (Å²) in [6.45, 7) is -0.232. The van der Waals surface area contributed by atoms with Crippen molar-refractivity contribution in [2.45, 2.75) is 43.4 Å². The van der Waals surface area contributed by atoms with Crippen LogP contribution in [0.5, 0.6) is 0 Å². The van der Waals surface area contributed by atoms with Gasteiger partial charge in [-0.25, -0.2) is 8.78 Å². The molecule has 2 rings (SSSR count). The number of amides is 2. The Balaban J connectivity index is 0.00000242. The lowest BCUT2D eigenvalue weighted by atomic mass is 10.1. The van der Waals surface area contributed by atoms with Crippen LogP contribution in [0.1, 0.15) is 19.3 Å². The van der Waals surface area contributed by atoms with Crippen LogP contribution in [0.2, 0.25) is 0 Å². The summed E-state index contributed by atoms with van der Waals surface area (Å²) in [6, 6.07) is -0.861. The van der Waals surface area contributed by atoms with E-state index in [1.807, 2.05) is 0 Å². The zero-order valence-corrected chi connectivity index (χ0v) is 13.4. The first kappa shape index (κ1) is 19.1. The van der Waals surface area contributed by atoms with Crippen LogP contribution in [-0.4, -0.2) is 68.1 Å². The number of likely N-dealkylation sites (N-methyl/N-ethyl adjacent to an activating group) is 1. The summed E-state index contributed by atoms with van der Waals surface area (Å²) in [5, 5.41) is 5.11. The lowest BCUT2D eigenvalue weighted by Gasteiger charge is -2.18. The molecule has 0 spiro atoms. The smallest absolute Gasteiger partial charge is 0.262 e. The highest BCUT2D eigenvalue weighted by molar-refractivity contribution is 5.85. The van der Waals surface area contributed by atoms with Gasteiger partial charge in [0.15, 0.2) is 0 Å². The molecule has 0 aliphatic carbocycles. The molecule has 22 heavy (non-hydrogen) atoms. The summed E-state index contributed by atoms with van der Waals surface area (Å²) in [5.41, 5.74) is 0. The number of nitrogens with one attached hydrogen (secondary N) is 2. The summed E-state index contributed by atoms with van der Waals surface area (Å²) in [7, 11) is 3.32. The van der Waals surface area contributed by atoms with Crippen molar-refractivity contribution in [1.29, 1.82) is 0 Å². The van der Waals surface area contributed by atoms with Crippen molar-refractivity contribution in [1.82, 2.24) is 15.5 Å². The van der Waals surface area contributed by atoms with Gasteiger partial charge in [0.05, 0.1) is 18.7 Å². The van der Waals surface area contributed by atoms with Crippen molar-refractivity contribution >= 4 is 24.2 Å². The maximum atomic E-state index is 13.0. The van der Waals surface area contributed by atoms with E-state index in [-0.39, 0.29) is 31.0 Å². The van der Waals surface area contributed by atoms with Crippen molar-refractivity contribution in [3.05, 3.63) is 0 Å². The maximum Gasteiger partial charge on any atom is 0.262 e. The summed E-state index contributed by atoms with van der Waals surface area (Å²) >= 11 is 0. The van der Waals surface area contributed by atoms with E-state index in [1.54, 1.807) is 14.1 Å². The maximum absolute atomic E-state index is 13.0. The van der Waals surface area contributed by atoms with Crippen LogP contribution < -0.4 is 10.6 Å². The normalized spacial score (nSPS) is 29.7. The average Bonchev–Trinajstić information content (AvgIpc) is 3.01. The average molecular weight is 342 g/mol. The Labute approximate surface area is 134 Å². The van der Waals surface area contributed by atoms with Gasteiger partial charge in [0.25, 0.3) is 11.8 Å². The standard InChI is InChI=1S/C13H21F2N3O3.ClH/c1-18(2)12(20)10-4-3-8(21-10)6-16-11(19)9-5-13(14,15)7-17-9;/h8-10,17H,3-7H2,1-2H3,(H,16,19);1H. The molecule has 9 heteroatoms. The minimum Gasteiger partial charge on any atom is -0.363 e. The number of nitrogens with zero attached hydrogens (tertiary/aromatic N) is 1. The Kier molecular flexibility index (Phi) is 6.51. The molecule has 2 heterocycles. The number of carbonyl (C=O) groups is 2. The molecule has 0 aromatic heterocycles. The van der Waals surface area contributed by atoms with E-state index in [4.69, 9.17) is 4.74 Å². The molecule has 2 amide bonds. The van der Waals surface area contributed by atoms with E-state index in [0.29, 0.717) is 12.8 Å². The monoisotopic (exact) mass is 341 g/mol. The van der Waals surface area contributed by atoms with Gasteiger partial charge >= 0.3 is 0 Å². The SMILES string of the molecule is CN(C)C(=O)C1CCC(CNC(=O)C2CC(F)(F)CN2)O1.Cl. The molecule has 6 nitrogen and oxygen atoms in total. The largest absolute Gasteiger partial charge is 0.363 e. The Morgan fingerprint density at radius 3 is 2.59 bits per heavy atom. The van der Waals surface area contributed by atoms with Gasteiger partial charge in [-0.15, -0.1) is 12.4 Å². The molecule has 2 aliphatic heterocycles. The number of hydrogen-bond donors (Lipinski definition) is 2. The third-order valence-electron chi connectivity index (χ3n) is 3.75. The van der Waals surface area contributed by atoms with Crippen LogP contribution in [0.25, 0.3) is 0 Å². The van der Waals surface area contributed by atoms with Crippen LogP contribution >= 0.6 is 12.4 Å². The van der Waals surface area contributed by atoms with Gasteiger partial charge in [0, 0.05) is 27.1 Å². The van der Waals surface area contributed by atoms with Crippen LogP contribution in [-0.2, 0) is 14.3 Å². The van der Waals surface area contributed by atoms with Crippen LogP contribution in [0.15, 0.2) is 0 Å². The number of alkyl halides is 2. The second-order valence-electron chi connectivity index (χ2n) is 5.80. The third-order valence-corrected chi connectivity index (χ3v) is 3.75. The predicted octanol–water partition coefficient (Wildman–Crippen LogP) is 0.157. The molecule has 0 radical (unpaired) electrons. The van der Waals surface area contributed by atoms with Crippen molar-refractivity contribution < 1.29 is 23.1 Å². The molecule has 0 saturated carbocycles. The molecule has 2 N–H and O–H groups in total. The van der Waals surface area contributed by atoms with E-state index < -0.39 is 36.9 Å². The van der Waals surface area contributed by atoms with Gasteiger partial charge < -0.3 is 15.0 Å². The first-order valence-electron chi connectivity index (χ1n) is 7.04. The van der Waals surface area contributed by atoms with Gasteiger partial charge in [-0.2, -0.15) is 0 Å². The van der Waals surface area contributed by atoms with Gasteiger partial charge in [-0.05, 0) is 12.8 Å². The molecule has 3 unspecified atom stereocenters. The minimum atomic E-state index is -2.82. The fourth-order valence-electron chi connectivity index (χ4n) is 2.56. The molecule has 128 valence electrons. The highest BCUT2D eigenvalue weighted by Crippen LogP contribution is 2.25. The van der Waals surface area contributed by atoms with Gasteiger partial charge in [0.2, 0.25) is 5.91 Å². The van der Waals surface area contributed by atoms with E-state index >= 15 is 0 Å². The van der Waals surface area contributed by atoms with E-state index in [0.717, 1.165) is 0 Å². The summed E-state index contributed by atoms with van der Waals surface area (Å²) in [6.07, 6.45) is 0.0722. The number of halogens is 3. The van der Waals surface area contributed by atoms with Crippen molar-refractivity contribution in [3.63, 3.8) is 0 Å². The summed E-state index contributed by atoms with van der Waals surface area (Å²) < 4.78 is 31.6. The predicted molar refractivity (Wildman–Crippen MR) is 78.2 cm³/mol. The highest BCUT2D eigenvalue weighted by atomic mass is 35.5. The van der Waals surface area contributed by atoms with Gasteiger partial charge in [-0.3, -0.25) is 14.9 Å². The van der Waals surface area contributed by atoms with E-state index in [2.05, 4.69) is 10.6 Å². The van der Waals surface area contributed by atoms with Crippen molar-refractivity contribution in [3.8, 4) is 0 Å². The first-order valence-corrected chi connectivity index (χ1v) is 7.04. The van der Waals surface area contributed by atoms with Crippen LogP contribution in [0, 0.1) is 0 Å². The summed E-state index contributed by atoms with van der Waals surface area (Å²) in [4.78, 5) is 25.0. The molecular weight excluding hydrogens is 320 g/mol. The highest BCUT2D eigenvalue weighted by Gasteiger charge is 2.42. The molecule has 2 fully saturated rings. The zero-order chi connectivity index (χ0) is 15.6. The lowest BCUT2D eigenvalue weighted by molar-refractivity contribution is -0.140. The molecule has 0 aromatic carbocycles. The zero-order valence-electron chi connectivity index (χ0n) is 12.6. The Bertz CT molecular complexity index is 423. The van der Waals surface area contributed by atoms with Crippen molar-refractivity contribution in [2.24, 2.45) is 0 Å². The topological polar surface area (TPSA) is 70.7 Å². The minimum absolute atomic E-state index is 0. The number of carbonyl (C=O) groups excluding carboxylic acids is 2. The molecular formula is C13H22ClF2N3O3. The molecule has 0 aromatic rings. The fraction of sp³-hybridized carbons (Fsp3) is 0.846. The second-order valence-corrected chi connectivity index (χ2v) is 5.80. The van der Waals surface area contributed by atoms with Crippen LogP contribution in [0.4, 0.5) is 8.78 Å². The number of hydrogen-bond acceptors (Lipinski definition) is 4. The Hall–Kier alpha value is -0.990. The quantitative estimate of drug-likeness (QED) is 0.764. The third kappa shape index (κ3) is 4.76. The Morgan fingerprint density at radius 2 is 2.05 bits per heavy atom. The van der Waals surface area contributed by atoms with Gasteiger partial charge in [0.1, 0.15) is 6.10 Å². The van der Waals surface area contributed by atoms with Crippen LogP contribution in [0.3, 0.4) is 0 Å². The first-order chi connectivity index (χ1) is 9.78. The Morgan fingerprint density at radius 1 is 1.36 bits per heavy atom. The molecule has 0 bridgehead atoms. The second kappa shape index (κ2) is 7.52. The number of rotatable bonds is 4. The number of ether oxygens (including phenoxy) is 1. The fourth-order valence-corrected chi connectivity index (χ4v) is 2.56. The van der Waals surface area contributed by atoms with Crippen molar-refractivity contribution in [2.75, 3.05) is 27.2 Å². The van der Waals surface area contributed by atoms with E-state index in [9.17, 15) is 18.4 Å². The molecule has 3 atom stereocenters. The van der Waals surface area contributed by atoms with E-state index in [1.165, 1.54) is 4.90 Å². The summed E-state index contributed by atoms with van der Waals surface area (Å²) in [5.74, 6) is -3.37. The molecule has 2 aliphatic rings. The molecule has 2 saturated heterocycles. The lowest BCUT2D eigenvalue weighted by Crippen LogP contribution is -2.43. The van der Waals surface area contributed by atoms with Gasteiger partial charge in [-0.1, -0.05) is 0 Å².